The van der Waals surface area contributed by atoms with E-state index in [0.29, 0.717) is 12.0 Å². The van der Waals surface area contributed by atoms with Crippen LogP contribution in [0.3, 0.4) is 0 Å². The summed E-state index contributed by atoms with van der Waals surface area (Å²) in [7, 11) is 0. The lowest BCUT2D eigenvalue weighted by molar-refractivity contribution is 0.0203. The summed E-state index contributed by atoms with van der Waals surface area (Å²) in [5, 5.41) is 9.03. The van der Waals surface area contributed by atoms with Crippen LogP contribution in [0.25, 0.3) is 0 Å². The zero-order valence-corrected chi connectivity index (χ0v) is 21.7. The maximum absolute atomic E-state index is 5.85. The zero-order chi connectivity index (χ0) is 20.3. The first-order valence-electron chi connectivity index (χ1n) is 11.2. The van der Waals surface area contributed by atoms with E-state index in [1.165, 1.54) is 12.0 Å². The summed E-state index contributed by atoms with van der Waals surface area (Å²) in [6.07, 6.45) is 4.44. The second-order valence-electron chi connectivity index (χ2n) is 8.07. The lowest BCUT2D eigenvalue weighted by Crippen LogP contribution is -2.41. The molecule has 1 atom stereocenters. The van der Waals surface area contributed by atoms with Gasteiger partial charge in [-0.15, -0.1) is 35.3 Å². The molecule has 3 rings (SSSR count). The minimum atomic E-state index is 0. The fourth-order valence-corrected chi connectivity index (χ4v) is 4.76. The molecule has 0 radical (unpaired) electrons. The van der Waals surface area contributed by atoms with Crippen molar-refractivity contribution in [3.63, 3.8) is 0 Å². The summed E-state index contributed by atoms with van der Waals surface area (Å²) in [6.45, 7) is 12.6. The molecule has 1 aromatic rings. The van der Waals surface area contributed by atoms with Gasteiger partial charge in [-0.2, -0.15) is 0 Å². The summed E-state index contributed by atoms with van der Waals surface area (Å²) in [4.78, 5) is 8.93. The highest BCUT2D eigenvalue weighted by molar-refractivity contribution is 14.0. The number of nitrogens with zero attached hydrogens (tertiary/aromatic N) is 2. The molecule has 1 fully saturated rings. The number of ether oxygens (including phenoxy) is 2. The van der Waals surface area contributed by atoms with E-state index in [1.807, 2.05) is 11.3 Å². The molecule has 0 spiro atoms. The Hall–Kier alpha value is -0.420. The average molecular weight is 551 g/mol. The topological polar surface area (TPSA) is 58.1 Å². The predicted octanol–water partition coefficient (Wildman–Crippen LogP) is 3.50. The van der Waals surface area contributed by atoms with Gasteiger partial charge in [0.2, 0.25) is 0 Å². The molecule has 0 bridgehead atoms. The molecule has 1 aromatic heterocycles. The smallest absolute Gasteiger partial charge is 0.191 e. The molecular weight excluding hydrogens is 511 g/mol. The van der Waals surface area contributed by atoms with Crippen LogP contribution in [0.15, 0.2) is 16.4 Å². The molecule has 0 aliphatic carbocycles. The number of fused-ring (bicyclic) bond motifs is 1. The number of guanidine groups is 1. The largest absolute Gasteiger partial charge is 0.381 e. The number of rotatable bonds is 10. The summed E-state index contributed by atoms with van der Waals surface area (Å²) in [6, 6.07) is 2.72. The SMILES string of the molecule is CCNC(=NCC(C)N1CCc2sccc2C1)NCCCOCC1CCOCC1.I. The van der Waals surface area contributed by atoms with Crippen LogP contribution >= 0.6 is 35.3 Å². The van der Waals surface area contributed by atoms with Gasteiger partial charge in [0, 0.05) is 63.5 Å². The molecule has 0 amide bonds. The molecule has 6 nitrogen and oxygen atoms in total. The van der Waals surface area contributed by atoms with E-state index < -0.39 is 0 Å². The first kappa shape index (κ1) is 25.8. The van der Waals surface area contributed by atoms with Crippen LogP contribution in [0.4, 0.5) is 0 Å². The Labute approximate surface area is 203 Å². The lowest BCUT2D eigenvalue weighted by Gasteiger charge is -2.31. The number of hydrogen-bond donors (Lipinski definition) is 2. The van der Waals surface area contributed by atoms with Gasteiger partial charge in [0.25, 0.3) is 0 Å². The van der Waals surface area contributed by atoms with E-state index in [9.17, 15) is 0 Å². The Balaban J connectivity index is 0.00000320. The predicted molar refractivity (Wildman–Crippen MR) is 136 cm³/mol. The van der Waals surface area contributed by atoms with Crippen LogP contribution in [-0.2, 0) is 22.4 Å². The van der Waals surface area contributed by atoms with E-state index in [4.69, 9.17) is 14.5 Å². The van der Waals surface area contributed by atoms with Crippen molar-refractivity contribution in [2.24, 2.45) is 10.9 Å². The molecule has 30 heavy (non-hydrogen) atoms. The van der Waals surface area contributed by atoms with Crippen LogP contribution in [0.5, 0.6) is 0 Å². The molecule has 8 heteroatoms. The van der Waals surface area contributed by atoms with Crippen LogP contribution in [0, 0.1) is 5.92 Å². The molecule has 0 aromatic carbocycles. The van der Waals surface area contributed by atoms with E-state index >= 15 is 0 Å². The van der Waals surface area contributed by atoms with Crippen molar-refractivity contribution in [2.75, 3.05) is 52.6 Å². The molecule has 2 N–H and O–H groups in total. The number of halogens is 1. The maximum atomic E-state index is 5.85. The van der Waals surface area contributed by atoms with Gasteiger partial charge in [-0.25, -0.2) is 0 Å². The fraction of sp³-hybridized carbons (Fsp3) is 0.773. The third kappa shape index (κ3) is 8.61. The molecule has 172 valence electrons. The average Bonchev–Trinajstić information content (AvgIpc) is 3.22. The van der Waals surface area contributed by atoms with Crippen molar-refractivity contribution in [1.82, 2.24) is 15.5 Å². The van der Waals surface area contributed by atoms with Gasteiger partial charge in [0.15, 0.2) is 5.96 Å². The van der Waals surface area contributed by atoms with Gasteiger partial charge in [0.05, 0.1) is 6.54 Å². The van der Waals surface area contributed by atoms with Crippen LogP contribution in [0.2, 0.25) is 0 Å². The molecule has 1 unspecified atom stereocenters. The Bertz CT molecular complexity index is 622. The zero-order valence-electron chi connectivity index (χ0n) is 18.5. The van der Waals surface area contributed by atoms with Crippen molar-refractivity contribution in [3.05, 3.63) is 21.9 Å². The highest BCUT2D eigenvalue weighted by atomic mass is 127. The summed E-state index contributed by atoms with van der Waals surface area (Å²) < 4.78 is 11.2. The van der Waals surface area contributed by atoms with Gasteiger partial charge in [0.1, 0.15) is 0 Å². The number of aliphatic imine (C=N–C) groups is 1. The van der Waals surface area contributed by atoms with Crippen molar-refractivity contribution in [3.8, 4) is 0 Å². The van der Waals surface area contributed by atoms with Gasteiger partial charge < -0.3 is 20.1 Å². The number of hydrogen-bond acceptors (Lipinski definition) is 5. The van der Waals surface area contributed by atoms with Crippen molar-refractivity contribution in [1.29, 1.82) is 0 Å². The van der Waals surface area contributed by atoms with Gasteiger partial charge >= 0.3 is 0 Å². The second-order valence-corrected chi connectivity index (χ2v) is 9.07. The quantitative estimate of drug-likeness (QED) is 0.202. The van der Waals surface area contributed by atoms with Crippen LogP contribution in [0.1, 0.15) is 43.6 Å². The summed E-state index contributed by atoms with van der Waals surface area (Å²) >= 11 is 1.90. The summed E-state index contributed by atoms with van der Waals surface area (Å²) in [5.74, 6) is 1.59. The monoisotopic (exact) mass is 550 g/mol. The van der Waals surface area contributed by atoms with E-state index in [1.54, 1.807) is 4.88 Å². The maximum Gasteiger partial charge on any atom is 0.191 e. The highest BCUT2D eigenvalue weighted by Gasteiger charge is 2.21. The third-order valence-electron chi connectivity index (χ3n) is 5.77. The second kappa shape index (κ2) is 14.6. The Kier molecular flexibility index (Phi) is 12.6. The van der Waals surface area contributed by atoms with Crippen molar-refractivity contribution >= 4 is 41.3 Å². The van der Waals surface area contributed by atoms with Gasteiger partial charge in [-0.1, -0.05) is 0 Å². The van der Waals surface area contributed by atoms with E-state index in [-0.39, 0.29) is 24.0 Å². The standard InChI is InChI=1S/C22H38N4O2S.HI/c1-3-23-22(24-9-4-11-28-17-19-6-12-27-13-7-19)25-15-18(2)26-10-5-21-20(16-26)8-14-29-21;/h8,14,18-19H,3-7,9-13,15-17H2,1-2H3,(H2,23,24,25);1H. The molecular formula is C22H39IN4O2S. The van der Waals surface area contributed by atoms with Crippen molar-refractivity contribution in [2.45, 2.75) is 52.1 Å². The molecule has 0 saturated carbocycles. The molecule has 3 heterocycles. The molecule has 1 saturated heterocycles. The minimum absolute atomic E-state index is 0. The van der Waals surface area contributed by atoms with E-state index in [0.717, 1.165) is 84.4 Å². The normalized spacial score (nSPS) is 19.1. The third-order valence-corrected chi connectivity index (χ3v) is 6.79. The van der Waals surface area contributed by atoms with Crippen LogP contribution in [-0.4, -0.2) is 69.5 Å². The highest BCUT2D eigenvalue weighted by Crippen LogP contribution is 2.25. The van der Waals surface area contributed by atoms with E-state index in [2.05, 4.69) is 40.8 Å². The number of nitrogens with one attached hydrogen (secondary N) is 2. The first-order valence-corrected chi connectivity index (χ1v) is 12.1. The van der Waals surface area contributed by atoms with Crippen LogP contribution < -0.4 is 10.6 Å². The van der Waals surface area contributed by atoms with Gasteiger partial charge in [-0.05, 0) is 62.5 Å². The van der Waals surface area contributed by atoms with Gasteiger partial charge in [-0.3, -0.25) is 9.89 Å². The Morgan fingerprint density at radius 3 is 3.00 bits per heavy atom. The minimum Gasteiger partial charge on any atom is -0.381 e. The molecule has 2 aliphatic rings. The number of thiophene rings is 1. The fourth-order valence-electron chi connectivity index (χ4n) is 3.87. The summed E-state index contributed by atoms with van der Waals surface area (Å²) in [5.41, 5.74) is 1.50. The lowest BCUT2D eigenvalue weighted by atomic mass is 10.0. The Morgan fingerprint density at radius 1 is 1.37 bits per heavy atom. The molecule has 2 aliphatic heterocycles. The Morgan fingerprint density at radius 2 is 2.20 bits per heavy atom. The van der Waals surface area contributed by atoms with Crippen molar-refractivity contribution < 1.29 is 9.47 Å². The first-order chi connectivity index (χ1) is 14.3.